The van der Waals surface area contributed by atoms with Crippen molar-refractivity contribution < 1.29 is 20.1 Å². The number of fused-ring (bicyclic) bond motifs is 5. The topological polar surface area (TPSA) is 77.8 Å². The third kappa shape index (κ3) is 3.36. The van der Waals surface area contributed by atoms with Gasteiger partial charge in [0.25, 0.3) is 0 Å². The molecule has 0 aromatic carbocycles. The van der Waals surface area contributed by atoms with E-state index in [0.29, 0.717) is 41.4 Å². The Kier molecular flexibility index (Phi) is 6.07. The van der Waals surface area contributed by atoms with Gasteiger partial charge in [-0.3, -0.25) is 4.79 Å². The fourth-order valence-electron chi connectivity index (χ4n) is 9.48. The molecule has 0 amide bonds. The van der Waals surface area contributed by atoms with Gasteiger partial charge in [0.1, 0.15) is 0 Å². The van der Waals surface area contributed by atoms with Gasteiger partial charge >= 0.3 is 5.97 Å². The molecule has 4 aliphatic carbocycles. The lowest BCUT2D eigenvalue weighted by Crippen LogP contribution is -2.62. The number of hydrogen-bond acceptors (Lipinski definition) is 3. The lowest BCUT2D eigenvalue weighted by atomic mass is 9.41. The van der Waals surface area contributed by atoms with Crippen LogP contribution in [-0.4, -0.2) is 33.5 Å². The van der Waals surface area contributed by atoms with E-state index in [0.717, 1.165) is 32.1 Å². The first kappa shape index (κ1) is 22.6. The highest BCUT2D eigenvalue weighted by Crippen LogP contribution is 2.69. The van der Waals surface area contributed by atoms with Crippen molar-refractivity contribution in [3.63, 3.8) is 0 Å². The number of aliphatic hydroxyl groups is 2. The Morgan fingerprint density at radius 2 is 1.67 bits per heavy atom. The van der Waals surface area contributed by atoms with Crippen LogP contribution in [-0.2, 0) is 4.79 Å². The van der Waals surface area contributed by atoms with Gasteiger partial charge in [-0.05, 0) is 104 Å². The monoisotopic (exact) mass is 420 g/mol. The number of carboxylic acids is 1. The third-order valence-electron chi connectivity index (χ3n) is 11.0. The Balaban J connectivity index is 1.61. The molecule has 11 atom stereocenters. The number of rotatable bonds is 5. The molecule has 0 bridgehead atoms. The van der Waals surface area contributed by atoms with E-state index in [-0.39, 0.29) is 29.5 Å². The molecule has 0 spiro atoms. The van der Waals surface area contributed by atoms with E-state index >= 15 is 0 Å². The summed E-state index contributed by atoms with van der Waals surface area (Å²) in [7, 11) is 0. The molecule has 4 saturated carbocycles. The Bertz CT molecular complexity index is 649. The van der Waals surface area contributed by atoms with Crippen LogP contribution in [0.4, 0.5) is 0 Å². The smallest absolute Gasteiger partial charge is 0.303 e. The maximum Gasteiger partial charge on any atom is 0.303 e. The molecule has 0 radical (unpaired) electrons. The minimum atomic E-state index is -0.683. The van der Waals surface area contributed by atoms with Gasteiger partial charge in [0.15, 0.2) is 0 Å². The number of carboxylic acid groups (broad SMARTS) is 1. The average molecular weight is 421 g/mol. The van der Waals surface area contributed by atoms with Crippen LogP contribution in [0.5, 0.6) is 0 Å². The highest BCUT2D eigenvalue weighted by Gasteiger charge is 2.64. The molecule has 1 unspecified atom stereocenters. The lowest BCUT2D eigenvalue weighted by Gasteiger charge is -2.64. The van der Waals surface area contributed by atoms with E-state index in [1.54, 1.807) is 0 Å². The Labute approximate surface area is 182 Å². The standard InChI is InChI=1S/C26H44O4/c1-5-17-21-14-16(27)10-12-26(21,4)20-11-13-25(3)18(15(2)6-9-22(28)29)7-8-19(25)23(20)24(17)30/h15-21,23-24,27,30H,5-14H2,1-4H3,(H,28,29)/t15-,16-,17-,18-,19+,20+,21?,23+,24+,25-,26-/m1/s1. The van der Waals surface area contributed by atoms with E-state index in [2.05, 4.69) is 27.7 Å². The highest BCUT2D eigenvalue weighted by molar-refractivity contribution is 5.66. The molecule has 4 heteroatoms. The molecule has 30 heavy (non-hydrogen) atoms. The molecule has 0 saturated heterocycles. The second kappa shape index (κ2) is 8.06. The van der Waals surface area contributed by atoms with Crippen LogP contribution in [0.15, 0.2) is 0 Å². The van der Waals surface area contributed by atoms with E-state index in [1.165, 1.54) is 25.7 Å². The number of hydrogen-bond donors (Lipinski definition) is 3. The van der Waals surface area contributed by atoms with E-state index in [9.17, 15) is 15.0 Å². The van der Waals surface area contributed by atoms with Gasteiger partial charge in [0.2, 0.25) is 0 Å². The van der Waals surface area contributed by atoms with Crippen molar-refractivity contribution >= 4 is 5.97 Å². The van der Waals surface area contributed by atoms with Crippen LogP contribution in [0.2, 0.25) is 0 Å². The Morgan fingerprint density at radius 3 is 2.33 bits per heavy atom. The zero-order valence-corrected chi connectivity index (χ0v) is 19.5. The summed E-state index contributed by atoms with van der Waals surface area (Å²) in [4.78, 5) is 11.1. The van der Waals surface area contributed by atoms with Crippen LogP contribution in [0.3, 0.4) is 0 Å². The van der Waals surface area contributed by atoms with Gasteiger partial charge in [-0.15, -0.1) is 0 Å². The van der Waals surface area contributed by atoms with Crippen LogP contribution >= 0.6 is 0 Å². The summed E-state index contributed by atoms with van der Waals surface area (Å²) in [6.07, 6.45) is 9.27. The summed E-state index contributed by atoms with van der Waals surface area (Å²) in [5, 5.41) is 31.3. The predicted octanol–water partition coefficient (Wildman–Crippen LogP) is 5.11. The summed E-state index contributed by atoms with van der Waals surface area (Å²) in [6, 6.07) is 0. The van der Waals surface area contributed by atoms with Crippen molar-refractivity contribution in [1.82, 2.24) is 0 Å². The van der Waals surface area contributed by atoms with Crippen LogP contribution in [0.25, 0.3) is 0 Å². The minimum Gasteiger partial charge on any atom is -0.481 e. The molecule has 4 fully saturated rings. The Hall–Kier alpha value is -0.610. The van der Waals surface area contributed by atoms with Crippen molar-refractivity contribution in [2.75, 3.05) is 0 Å². The van der Waals surface area contributed by atoms with Crippen molar-refractivity contribution in [1.29, 1.82) is 0 Å². The number of aliphatic hydroxyl groups excluding tert-OH is 2. The maximum atomic E-state index is 11.7. The molecule has 0 aliphatic heterocycles. The molecule has 4 rings (SSSR count). The fraction of sp³-hybridized carbons (Fsp3) is 0.962. The summed E-state index contributed by atoms with van der Waals surface area (Å²) in [6.45, 7) is 9.44. The largest absolute Gasteiger partial charge is 0.481 e. The first-order valence-corrected chi connectivity index (χ1v) is 12.7. The van der Waals surface area contributed by atoms with Gasteiger partial charge in [-0.1, -0.05) is 34.1 Å². The molecular weight excluding hydrogens is 376 g/mol. The zero-order valence-electron chi connectivity index (χ0n) is 19.5. The second-order valence-electron chi connectivity index (χ2n) is 12.0. The molecule has 4 aliphatic rings. The summed E-state index contributed by atoms with van der Waals surface area (Å²) < 4.78 is 0. The molecular formula is C26H44O4. The lowest BCUT2D eigenvalue weighted by molar-refractivity contribution is -0.203. The SMILES string of the molecule is CC[C@@H]1C2C[C@H](O)CC[C@]2(C)[C@H]2CC[C@]3(C)[C@@H]([C@H](C)CCC(=O)O)CC[C@H]3[C@@H]2[C@H]1O. The fourth-order valence-corrected chi connectivity index (χ4v) is 9.48. The third-order valence-corrected chi connectivity index (χ3v) is 11.0. The quantitative estimate of drug-likeness (QED) is 0.577. The van der Waals surface area contributed by atoms with Gasteiger partial charge in [-0.2, -0.15) is 0 Å². The summed E-state index contributed by atoms with van der Waals surface area (Å²) in [5.41, 5.74) is 0.480. The summed E-state index contributed by atoms with van der Waals surface area (Å²) in [5.74, 6) is 2.58. The van der Waals surface area contributed by atoms with Crippen molar-refractivity contribution in [3.8, 4) is 0 Å². The maximum absolute atomic E-state index is 11.7. The van der Waals surface area contributed by atoms with E-state index < -0.39 is 5.97 Å². The molecule has 0 heterocycles. The van der Waals surface area contributed by atoms with Crippen molar-refractivity contribution in [2.45, 2.75) is 104 Å². The van der Waals surface area contributed by atoms with Crippen LogP contribution in [0, 0.1) is 52.3 Å². The van der Waals surface area contributed by atoms with Gasteiger partial charge in [0, 0.05) is 6.42 Å². The first-order valence-electron chi connectivity index (χ1n) is 12.7. The first-order chi connectivity index (χ1) is 14.1. The molecule has 0 aromatic heterocycles. The van der Waals surface area contributed by atoms with Gasteiger partial charge in [0.05, 0.1) is 12.2 Å². The molecule has 3 N–H and O–H groups in total. The molecule has 4 nitrogen and oxygen atoms in total. The van der Waals surface area contributed by atoms with Gasteiger partial charge < -0.3 is 15.3 Å². The number of aliphatic carboxylic acids is 1. The Morgan fingerprint density at radius 1 is 1.00 bits per heavy atom. The van der Waals surface area contributed by atoms with E-state index in [4.69, 9.17) is 5.11 Å². The summed E-state index contributed by atoms with van der Waals surface area (Å²) >= 11 is 0. The zero-order chi connectivity index (χ0) is 21.8. The molecule has 0 aromatic rings. The second-order valence-corrected chi connectivity index (χ2v) is 12.0. The highest BCUT2D eigenvalue weighted by atomic mass is 16.4. The van der Waals surface area contributed by atoms with E-state index in [1.807, 2.05) is 0 Å². The van der Waals surface area contributed by atoms with Crippen LogP contribution < -0.4 is 0 Å². The average Bonchev–Trinajstić information content (AvgIpc) is 3.05. The minimum absolute atomic E-state index is 0.194. The number of carbonyl (C=O) groups is 1. The van der Waals surface area contributed by atoms with Crippen molar-refractivity contribution in [2.24, 2.45) is 52.3 Å². The van der Waals surface area contributed by atoms with Gasteiger partial charge in [-0.25, -0.2) is 0 Å². The van der Waals surface area contributed by atoms with Crippen molar-refractivity contribution in [3.05, 3.63) is 0 Å². The normalized spacial score (nSPS) is 51.5. The molecule has 172 valence electrons. The van der Waals surface area contributed by atoms with Crippen LogP contribution in [0.1, 0.15) is 91.9 Å². The predicted molar refractivity (Wildman–Crippen MR) is 118 cm³/mol.